The molecule has 0 aliphatic rings. The Morgan fingerprint density at radius 1 is 1.22 bits per heavy atom. The van der Waals surface area contributed by atoms with Crippen LogP contribution in [0.3, 0.4) is 0 Å². The molecule has 0 radical (unpaired) electrons. The van der Waals surface area contributed by atoms with Gasteiger partial charge in [0, 0.05) is 13.1 Å². The first-order valence-corrected chi connectivity index (χ1v) is 7.90. The first-order chi connectivity index (χ1) is 11.2. The molecule has 122 valence electrons. The Morgan fingerprint density at radius 3 is 2.70 bits per heavy atom. The van der Waals surface area contributed by atoms with E-state index in [4.69, 9.17) is 0 Å². The molecule has 7 nitrogen and oxygen atoms in total. The number of nitrogens with zero attached hydrogens (tertiary/aromatic N) is 5. The maximum absolute atomic E-state index is 12.6. The highest BCUT2D eigenvalue weighted by molar-refractivity contribution is 5.80. The lowest BCUT2D eigenvalue weighted by molar-refractivity contribution is 0.193. The molecule has 0 atom stereocenters. The molecule has 23 heavy (non-hydrogen) atoms. The number of aliphatic hydroxyl groups excluding tert-OH is 1. The minimum Gasteiger partial charge on any atom is -0.395 e. The van der Waals surface area contributed by atoms with Crippen LogP contribution in [0.15, 0.2) is 29.1 Å². The van der Waals surface area contributed by atoms with Gasteiger partial charge in [-0.05, 0) is 25.6 Å². The highest BCUT2D eigenvalue weighted by Gasteiger charge is 2.16. The van der Waals surface area contributed by atoms with Crippen LogP contribution in [0.25, 0.3) is 16.7 Å². The molecule has 3 aromatic rings. The van der Waals surface area contributed by atoms with E-state index in [1.165, 1.54) is 0 Å². The van der Waals surface area contributed by atoms with E-state index < -0.39 is 0 Å². The maximum Gasteiger partial charge on any atom is 0.262 e. The number of benzene rings is 1. The molecular formula is C16H21N5O2. The molecule has 0 spiro atoms. The summed E-state index contributed by atoms with van der Waals surface area (Å²) in [5.41, 5.74) is 0.773. The summed E-state index contributed by atoms with van der Waals surface area (Å²) in [6, 6.07) is 7.52. The first kappa shape index (κ1) is 15.6. The van der Waals surface area contributed by atoms with Gasteiger partial charge in [0.25, 0.3) is 5.56 Å². The van der Waals surface area contributed by atoms with Gasteiger partial charge >= 0.3 is 0 Å². The molecule has 2 heterocycles. The zero-order valence-electron chi connectivity index (χ0n) is 13.4. The summed E-state index contributed by atoms with van der Waals surface area (Å²) in [6.07, 6.45) is 0. The maximum atomic E-state index is 12.6. The van der Waals surface area contributed by atoms with Gasteiger partial charge < -0.3 is 5.11 Å². The van der Waals surface area contributed by atoms with Crippen molar-refractivity contribution < 1.29 is 5.11 Å². The number of para-hydroxylation sites is 1. The Kier molecular flexibility index (Phi) is 4.40. The van der Waals surface area contributed by atoms with Crippen molar-refractivity contribution in [1.82, 2.24) is 24.1 Å². The largest absolute Gasteiger partial charge is 0.395 e. The number of likely N-dealkylation sites (N-methyl/N-ethyl adjacent to an activating group) is 1. The lowest BCUT2D eigenvalue weighted by Gasteiger charge is -2.18. The smallest absolute Gasteiger partial charge is 0.262 e. The summed E-state index contributed by atoms with van der Waals surface area (Å²) >= 11 is 0. The van der Waals surface area contributed by atoms with Crippen molar-refractivity contribution in [3.8, 4) is 0 Å². The summed E-state index contributed by atoms with van der Waals surface area (Å²) in [7, 11) is 0. The molecule has 0 aliphatic carbocycles. The molecule has 0 amide bonds. The van der Waals surface area contributed by atoms with Crippen molar-refractivity contribution in [3.63, 3.8) is 0 Å². The van der Waals surface area contributed by atoms with Gasteiger partial charge in [-0.3, -0.25) is 18.7 Å². The monoisotopic (exact) mass is 315 g/mol. The van der Waals surface area contributed by atoms with Crippen LogP contribution in [0.2, 0.25) is 0 Å². The van der Waals surface area contributed by atoms with Gasteiger partial charge in [0.05, 0.1) is 24.1 Å². The molecule has 7 heteroatoms. The molecule has 2 aromatic heterocycles. The standard InChI is InChI=1S/C16H21N5O2/c1-3-19(9-10-22)11-14-17-18-16-20(4-2)15(23)12-7-5-6-8-13(12)21(14)16/h5-8,22H,3-4,9-11H2,1-2H3. The normalized spacial score (nSPS) is 11.8. The Morgan fingerprint density at radius 2 is 2.00 bits per heavy atom. The molecule has 1 N–H and O–H groups in total. The van der Waals surface area contributed by atoms with Gasteiger partial charge in [0.15, 0.2) is 5.82 Å². The SMILES string of the molecule is CCN(CCO)Cc1nnc2n(CC)c(=O)c3ccccc3n12. The zero-order valence-corrected chi connectivity index (χ0v) is 13.4. The quantitative estimate of drug-likeness (QED) is 0.731. The summed E-state index contributed by atoms with van der Waals surface area (Å²) in [5.74, 6) is 1.33. The van der Waals surface area contributed by atoms with E-state index in [2.05, 4.69) is 15.1 Å². The molecule has 3 rings (SSSR count). The zero-order chi connectivity index (χ0) is 16.4. The van der Waals surface area contributed by atoms with Crippen molar-refractivity contribution in [1.29, 1.82) is 0 Å². The third kappa shape index (κ3) is 2.62. The number of aryl methyl sites for hydroxylation is 1. The molecule has 0 saturated heterocycles. The third-order valence-corrected chi connectivity index (χ3v) is 4.12. The van der Waals surface area contributed by atoms with E-state index in [-0.39, 0.29) is 12.2 Å². The number of aromatic nitrogens is 4. The molecule has 0 fully saturated rings. The Labute approximate surface area is 133 Å². The van der Waals surface area contributed by atoms with Gasteiger partial charge in [-0.15, -0.1) is 10.2 Å². The minimum absolute atomic E-state index is 0.0442. The first-order valence-electron chi connectivity index (χ1n) is 7.90. The topological polar surface area (TPSA) is 75.7 Å². The highest BCUT2D eigenvalue weighted by atomic mass is 16.3. The number of fused-ring (bicyclic) bond motifs is 3. The van der Waals surface area contributed by atoms with Crippen LogP contribution in [-0.4, -0.2) is 48.9 Å². The predicted molar refractivity (Wildman–Crippen MR) is 88.5 cm³/mol. The number of hydrogen-bond donors (Lipinski definition) is 1. The summed E-state index contributed by atoms with van der Waals surface area (Å²) < 4.78 is 3.58. The molecule has 0 unspecified atom stereocenters. The van der Waals surface area contributed by atoms with E-state index in [9.17, 15) is 9.90 Å². The van der Waals surface area contributed by atoms with Crippen molar-refractivity contribution in [2.24, 2.45) is 0 Å². The van der Waals surface area contributed by atoms with Crippen LogP contribution in [0.4, 0.5) is 0 Å². The summed E-state index contributed by atoms with van der Waals surface area (Å²) in [6.45, 7) is 6.57. The van der Waals surface area contributed by atoms with Crippen molar-refractivity contribution >= 4 is 16.7 Å². The average Bonchev–Trinajstić information content (AvgIpc) is 2.98. The van der Waals surface area contributed by atoms with Gasteiger partial charge in [0.1, 0.15) is 0 Å². The van der Waals surface area contributed by atoms with Crippen LogP contribution in [-0.2, 0) is 13.1 Å². The number of rotatable bonds is 6. The average molecular weight is 315 g/mol. The van der Waals surface area contributed by atoms with Gasteiger partial charge in [-0.2, -0.15) is 0 Å². The third-order valence-electron chi connectivity index (χ3n) is 4.12. The predicted octanol–water partition coefficient (Wildman–Crippen LogP) is 0.878. The van der Waals surface area contributed by atoms with Crippen molar-refractivity contribution in [3.05, 3.63) is 40.4 Å². The van der Waals surface area contributed by atoms with E-state index in [1.807, 2.05) is 42.5 Å². The fourth-order valence-corrected chi connectivity index (χ4v) is 2.89. The highest BCUT2D eigenvalue weighted by Crippen LogP contribution is 2.15. The second-order valence-electron chi connectivity index (χ2n) is 5.41. The lowest BCUT2D eigenvalue weighted by Crippen LogP contribution is -2.28. The number of aliphatic hydroxyl groups is 1. The van der Waals surface area contributed by atoms with Crippen LogP contribution < -0.4 is 5.56 Å². The van der Waals surface area contributed by atoms with Crippen LogP contribution in [0.1, 0.15) is 19.7 Å². The Hall–Kier alpha value is -2.25. The second kappa shape index (κ2) is 6.47. The molecule has 0 saturated carbocycles. The lowest BCUT2D eigenvalue weighted by atomic mass is 10.2. The van der Waals surface area contributed by atoms with E-state index in [0.717, 1.165) is 17.9 Å². The Bertz CT molecular complexity index is 883. The fraction of sp³-hybridized carbons (Fsp3) is 0.438. The van der Waals surface area contributed by atoms with Crippen molar-refractivity contribution in [2.45, 2.75) is 26.9 Å². The van der Waals surface area contributed by atoms with Crippen LogP contribution in [0, 0.1) is 0 Å². The summed E-state index contributed by atoms with van der Waals surface area (Å²) in [5, 5.41) is 18.4. The van der Waals surface area contributed by atoms with Crippen LogP contribution in [0.5, 0.6) is 0 Å². The summed E-state index contributed by atoms with van der Waals surface area (Å²) in [4.78, 5) is 14.7. The van der Waals surface area contributed by atoms with Gasteiger partial charge in [-0.25, -0.2) is 0 Å². The van der Waals surface area contributed by atoms with Crippen molar-refractivity contribution in [2.75, 3.05) is 19.7 Å². The Balaban J connectivity index is 2.25. The van der Waals surface area contributed by atoms with Gasteiger partial charge in [0.2, 0.25) is 5.78 Å². The molecule has 1 aromatic carbocycles. The molecular weight excluding hydrogens is 294 g/mol. The molecule has 0 aliphatic heterocycles. The fourth-order valence-electron chi connectivity index (χ4n) is 2.89. The second-order valence-corrected chi connectivity index (χ2v) is 5.41. The van der Waals surface area contributed by atoms with Crippen LogP contribution >= 0.6 is 0 Å². The van der Waals surface area contributed by atoms with E-state index in [0.29, 0.717) is 30.8 Å². The van der Waals surface area contributed by atoms with E-state index >= 15 is 0 Å². The van der Waals surface area contributed by atoms with E-state index in [1.54, 1.807) is 4.57 Å². The van der Waals surface area contributed by atoms with Gasteiger partial charge in [-0.1, -0.05) is 19.1 Å². The molecule has 0 bridgehead atoms. The number of hydrogen-bond acceptors (Lipinski definition) is 5. The minimum atomic E-state index is -0.0442.